The summed E-state index contributed by atoms with van der Waals surface area (Å²) >= 11 is 6.47. The van der Waals surface area contributed by atoms with Crippen molar-refractivity contribution in [1.82, 2.24) is 0 Å². The van der Waals surface area contributed by atoms with Gasteiger partial charge in [-0.1, -0.05) is 31.9 Å². The van der Waals surface area contributed by atoms with Crippen LogP contribution in [0.25, 0.3) is 0 Å². The van der Waals surface area contributed by atoms with Crippen LogP contribution < -0.4 is 0 Å². The zero-order valence-electron chi connectivity index (χ0n) is 6.18. The van der Waals surface area contributed by atoms with E-state index in [0.29, 0.717) is 5.33 Å². The normalized spacial score (nSPS) is 12.3. The van der Waals surface area contributed by atoms with E-state index in [1.807, 2.05) is 0 Å². The molecule has 1 unspecified atom stereocenters. The Kier molecular flexibility index (Phi) is 7.06. The van der Waals surface area contributed by atoms with Crippen LogP contribution in [0.2, 0.25) is 0 Å². The molecule has 0 aliphatic carbocycles. The Balaban J connectivity index is 3.58. The van der Waals surface area contributed by atoms with Crippen molar-refractivity contribution in [2.75, 3.05) is 17.8 Å². The summed E-state index contributed by atoms with van der Waals surface area (Å²) in [6, 6.07) is 0. The average molecular weight is 290 g/mol. The standard InChI is InChI=1S/C6H10Br2O3/c1-10-6(9)11-5(4-8)2-3-7/h5H,2-4H2,1H3. The van der Waals surface area contributed by atoms with Crippen molar-refractivity contribution >= 4 is 38.0 Å². The van der Waals surface area contributed by atoms with Crippen LogP contribution in [0, 0.1) is 0 Å². The molecule has 0 N–H and O–H groups in total. The lowest BCUT2D eigenvalue weighted by Gasteiger charge is -2.11. The lowest BCUT2D eigenvalue weighted by atomic mass is 10.3. The molecule has 0 aromatic carbocycles. The minimum atomic E-state index is -0.629. The first kappa shape index (κ1) is 11.2. The van der Waals surface area contributed by atoms with Crippen molar-refractivity contribution < 1.29 is 14.3 Å². The largest absolute Gasteiger partial charge is 0.508 e. The molecule has 66 valence electrons. The predicted molar refractivity (Wildman–Crippen MR) is 49.5 cm³/mol. The van der Waals surface area contributed by atoms with E-state index >= 15 is 0 Å². The second kappa shape index (κ2) is 6.91. The van der Waals surface area contributed by atoms with Gasteiger partial charge in [0.15, 0.2) is 0 Å². The summed E-state index contributed by atoms with van der Waals surface area (Å²) in [6.45, 7) is 0. The molecule has 0 bridgehead atoms. The summed E-state index contributed by atoms with van der Waals surface area (Å²) in [5, 5.41) is 1.44. The number of carbonyl (C=O) groups is 1. The van der Waals surface area contributed by atoms with Crippen molar-refractivity contribution in [2.24, 2.45) is 0 Å². The molecule has 0 aromatic heterocycles. The molecular formula is C6H10Br2O3. The fourth-order valence-corrected chi connectivity index (χ4v) is 1.44. The van der Waals surface area contributed by atoms with E-state index < -0.39 is 6.16 Å². The Labute approximate surface area is 82.7 Å². The third-order valence-corrected chi connectivity index (χ3v) is 2.21. The summed E-state index contributed by atoms with van der Waals surface area (Å²) in [4.78, 5) is 10.6. The highest BCUT2D eigenvalue weighted by atomic mass is 79.9. The molecule has 0 amide bonds. The van der Waals surface area contributed by atoms with E-state index in [-0.39, 0.29) is 6.10 Å². The van der Waals surface area contributed by atoms with Gasteiger partial charge in [0, 0.05) is 10.7 Å². The Bertz CT molecular complexity index is 118. The first-order valence-corrected chi connectivity index (χ1v) is 5.35. The Morgan fingerprint density at radius 2 is 2.18 bits per heavy atom. The molecule has 0 heterocycles. The number of hydrogen-bond donors (Lipinski definition) is 0. The van der Waals surface area contributed by atoms with Gasteiger partial charge in [-0.05, 0) is 6.42 Å². The molecule has 0 saturated carbocycles. The minimum absolute atomic E-state index is 0.109. The maximum Gasteiger partial charge on any atom is 0.508 e. The van der Waals surface area contributed by atoms with Gasteiger partial charge < -0.3 is 9.47 Å². The van der Waals surface area contributed by atoms with Crippen LogP contribution in [0.4, 0.5) is 4.79 Å². The quantitative estimate of drug-likeness (QED) is 0.589. The van der Waals surface area contributed by atoms with Crippen molar-refractivity contribution in [3.63, 3.8) is 0 Å². The molecule has 0 rings (SSSR count). The van der Waals surface area contributed by atoms with Gasteiger partial charge in [-0.2, -0.15) is 0 Å². The summed E-state index contributed by atoms with van der Waals surface area (Å²) < 4.78 is 9.18. The molecule has 0 fully saturated rings. The molecule has 0 aliphatic heterocycles. The van der Waals surface area contributed by atoms with Crippen molar-refractivity contribution in [3.05, 3.63) is 0 Å². The molecule has 11 heavy (non-hydrogen) atoms. The SMILES string of the molecule is COC(=O)OC(CBr)CCBr. The molecule has 0 aromatic rings. The van der Waals surface area contributed by atoms with Gasteiger partial charge in [-0.25, -0.2) is 4.79 Å². The smallest absolute Gasteiger partial charge is 0.438 e. The third-order valence-electron chi connectivity index (χ3n) is 1.03. The van der Waals surface area contributed by atoms with Crippen LogP contribution in [0.1, 0.15) is 6.42 Å². The van der Waals surface area contributed by atoms with Crippen LogP contribution in [0.15, 0.2) is 0 Å². The lowest BCUT2D eigenvalue weighted by Crippen LogP contribution is -2.19. The summed E-state index contributed by atoms with van der Waals surface area (Å²) in [7, 11) is 1.29. The van der Waals surface area contributed by atoms with E-state index in [0.717, 1.165) is 11.8 Å². The fraction of sp³-hybridized carbons (Fsp3) is 0.833. The molecule has 3 nitrogen and oxygen atoms in total. The van der Waals surface area contributed by atoms with Crippen LogP contribution >= 0.6 is 31.9 Å². The van der Waals surface area contributed by atoms with Crippen LogP contribution in [0.3, 0.4) is 0 Å². The maximum absolute atomic E-state index is 10.6. The van der Waals surface area contributed by atoms with Gasteiger partial charge in [0.2, 0.25) is 0 Å². The number of methoxy groups -OCH3 is 1. The minimum Gasteiger partial charge on any atom is -0.438 e. The van der Waals surface area contributed by atoms with Crippen molar-refractivity contribution in [3.8, 4) is 0 Å². The zero-order valence-corrected chi connectivity index (χ0v) is 9.35. The summed E-state index contributed by atoms with van der Waals surface area (Å²) in [5.41, 5.74) is 0. The predicted octanol–water partition coefficient (Wildman–Crippen LogP) is 2.32. The van der Waals surface area contributed by atoms with Gasteiger partial charge in [-0.3, -0.25) is 0 Å². The number of carbonyl (C=O) groups excluding carboxylic acids is 1. The van der Waals surface area contributed by atoms with Gasteiger partial charge in [0.1, 0.15) is 6.10 Å². The average Bonchev–Trinajstić information content (AvgIpc) is 2.03. The topological polar surface area (TPSA) is 35.5 Å². The molecule has 0 radical (unpaired) electrons. The summed E-state index contributed by atoms with van der Waals surface area (Å²) in [6.07, 6.45) is 0.0394. The highest BCUT2D eigenvalue weighted by molar-refractivity contribution is 9.09. The van der Waals surface area contributed by atoms with Crippen LogP contribution in [0.5, 0.6) is 0 Å². The van der Waals surface area contributed by atoms with E-state index in [1.54, 1.807) is 0 Å². The van der Waals surface area contributed by atoms with E-state index in [2.05, 4.69) is 36.6 Å². The van der Waals surface area contributed by atoms with Gasteiger partial charge in [0.25, 0.3) is 0 Å². The monoisotopic (exact) mass is 288 g/mol. The molecule has 0 saturated heterocycles. The van der Waals surface area contributed by atoms with Gasteiger partial charge in [-0.15, -0.1) is 0 Å². The molecule has 0 spiro atoms. The number of rotatable bonds is 4. The van der Waals surface area contributed by atoms with Crippen LogP contribution in [-0.2, 0) is 9.47 Å². The van der Waals surface area contributed by atoms with Gasteiger partial charge in [0.05, 0.1) is 7.11 Å². The highest BCUT2D eigenvalue weighted by Crippen LogP contribution is 2.05. The number of halogens is 2. The third kappa shape index (κ3) is 5.49. The Morgan fingerprint density at radius 3 is 2.55 bits per heavy atom. The fourth-order valence-electron chi connectivity index (χ4n) is 0.473. The van der Waals surface area contributed by atoms with Crippen molar-refractivity contribution in [1.29, 1.82) is 0 Å². The molecular weight excluding hydrogens is 280 g/mol. The zero-order chi connectivity index (χ0) is 8.69. The first-order valence-electron chi connectivity index (χ1n) is 3.11. The highest BCUT2D eigenvalue weighted by Gasteiger charge is 2.11. The molecule has 5 heteroatoms. The Morgan fingerprint density at radius 1 is 1.55 bits per heavy atom. The van der Waals surface area contributed by atoms with E-state index in [9.17, 15) is 4.79 Å². The maximum atomic E-state index is 10.6. The van der Waals surface area contributed by atoms with E-state index in [4.69, 9.17) is 4.74 Å². The second-order valence-electron chi connectivity index (χ2n) is 1.83. The number of hydrogen-bond acceptors (Lipinski definition) is 3. The molecule has 0 aliphatic rings. The van der Waals surface area contributed by atoms with Gasteiger partial charge >= 0.3 is 6.16 Å². The lowest BCUT2D eigenvalue weighted by molar-refractivity contribution is 0.0447. The first-order chi connectivity index (χ1) is 5.24. The second-order valence-corrected chi connectivity index (χ2v) is 3.27. The number of alkyl halides is 2. The summed E-state index contributed by atoms with van der Waals surface area (Å²) in [5.74, 6) is 0. The molecule has 1 atom stereocenters. The van der Waals surface area contributed by atoms with Crippen molar-refractivity contribution in [2.45, 2.75) is 12.5 Å². The van der Waals surface area contributed by atoms with Crippen LogP contribution in [-0.4, -0.2) is 30.0 Å². The van der Waals surface area contributed by atoms with E-state index in [1.165, 1.54) is 7.11 Å². The Hall–Kier alpha value is 0.230. The number of ether oxygens (including phenoxy) is 2.